The summed E-state index contributed by atoms with van der Waals surface area (Å²) in [6.45, 7) is 21.1. The van der Waals surface area contributed by atoms with Gasteiger partial charge in [-0.25, -0.2) is 14.3 Å². The largest absolute Gasteiger partial charge is 0.472 e. The van der Waals surface area contributed by atoms with Gasteiger partial charge in [-0.05, 0) is 133 Å². The van der Waals surface area contributed by atoms with Crippen LogP contribution in [0.5, 0.6) is 0 Å². The summed E-state index contributed by atoms with van der Waals surface area (Å²) in [6.07, 6.45) is -2.12. The Labute approximate surface area is 704 Å². The number of urea groups is 1. The molecule has 2 aromatic rings. The number of thioether (sulfide) groups is 1. The molecule has 0 spiro atoms. The van der Waals surface area contributed by atoms with Crippen LogP contribution in [0.3, 0.4) is 0 Å². The van der Waals surface area contributed by atoms with E-state index < -0.39 is 149 Å². The Bertz CT molecular complexity index is 4460. The van der Waals surface area contributed by atoms with Crippen LogP contribution in [0.4, 0.5) is 4.79 Å². The first-order valence-corrected chi connectivity index (χ1v) is 44.2. The van der Waals surface area contributed by atoms with Crippen molar-refractivity contribution in [2.24, 2.45) is 83.1 Å². The average Bonchev–Trinajstić information content (AvgIpc) is 1.52. The van der Waals surface area contributed by atoms with Crippen molar-refractivity contribution < 1.29 is 95.9 Å². The van der Waals surface area contributed by atoms with E-state index >= 15 is 0 Å². The molecule has 4 fully saturated rings. The lowest BCUT2D eigenvalue weighted by atomic mass is 9.55. The minimum absolute atomic E-state index is 0.00229. The van der Waals surface area contributed by atoms with Gasteiger partial charge in [-0.1, -0.05) is 41.0 Å². The number of unbranched alkanes of at least 4 members (excludes halogenated alkanes) is 1. The number of aromatic nitrogens is 2. The fraction of sp³-hybridized carbons (Fsp3) is 0.695. The third-order valence-corrected chi connectivity index (χ3v) is 28.8. The normalized spacial score (nSPS) is 30.4. The van der Waals surface area contributed by atoms with Gasteiger partial charge >= 0.3 is 13.9 Å². The number of amides is 10. The summed E-state index contributed by atoms with van der Waals surface area (Å²) >= 11 is 1.86. The number of benzene rings is 1. The molecule has 1 aromatic carbocycles. The Morgan fingerprint density at radius 2 is 1.37 bits per heavy atom. The smallest absolute Gasteiger partial charge is 0.394 e. The third kappa shape index (κ3) is 20.7. The van der Waals surface area contributed by atoms with Gasteiger partial charge in [-0.15, -0.1) is 0 Å². The quantitative estimate of drug-likeness (QED) is 0.0256. The summed E-state index contributed by atoms with van der Waals surface area (Å²) in [7, 11) is -5.12. The zero-order valence-electron chi connectivity index (χ0n) is 70.8. The number of primary amides is 5. The molecule has 0 radical (unpaired) electrons. The number of nitrogens with zero attached hydrogens (tertiary/aromatic N) is 5. The number of imidazole rings is 1. The van der Waals surface area contributed by atoms with Crippen molar-refractivity contribution in [2.45, 2.75) is 250 Å². The maximum atomic E-state index is 14.9. The zero-order valence-corrected chi connectivity index (χ0v) is 72.5. The Morgan fingerprint density at radius 3 is 2.00 bits per heavy atom. The van der Waals surface area contributed by atoms with Gasteiger partial charge in [0.2, 0.25) is 47.3 Å². The van der Waals surface area contributed by atoms with E-state index in [4.69, 9.17) is 71.6 Å². The van der Waals surface area contributed by atoms with E-state index in [9.17, 15) is 67.9 Å². The van der Waals surface area contributed by atoms with E-state index in [0.717, 1.165) is 36.1 Å². The number of hydrogen-bond acceptors (Lipinski definition) is 25. The van der Waals surface area contributed by atoms with Crippen LogP contribution in [0.2, 0.25) is 0 Å². The number of aryl methyl sites for hydroxylation is 2. The minimum atomic E-state index is -5.12. The van der Waals surface area contributed by atoms with Gasteiger partial charge in [0.15, 0.2) is 6.23 Å². The highest BCUT2D eigenvalue weighted by Gasteiger charge is 2.67. The molecule has 8 aliphatic heterocycles. The first-order chi connectivity index (χ1) is 56.5. The van der Waals surface area contributed by atoms with E-state index in [1.807, 2.05) is 58.5 Å². The van der Waals surface area contributed by atoms with Gasteiger partial charge < -0.3 is 104 Å². The van der Waals surface area contributed by atoms with Gasteiger partial charge in [0, 0.05) is 163 Å². The predicted octanol–water partition coefficient (Wildman–Crippen LogP) is 3.58. The Morgan fingerprint density at radius 1 is 0.742 bits per heavy atom. The molecule has 664 valence electrons. The molecule has 10 rings (SSSR count). The summed E-state index contributed by atoms with van der Waals surface area (Å²) < 4.78 is 49.8. The molecule has 8 bridgehead atoms. The summed E-state index contributed by atoms with van der Waals surface area (Å²) in [5.74, 6) is -6.29. The highest BCUT2D eigenvalue weighted by Crippen LogP contribution is 2.63. The number of aliphatic hydroxyl groups is 3. The molecule has 1 aromatic heterocycles. The van der Waals surface area contributed by atoms with Crippen molar-refractivity contribution in [2.75, 3.05) is 71.6 Å². The summed E-state index contributed by atoms with van der Waals surface area (Å²) in [5, 5.41) is 54.6. The van der Waals surface area contributed by atoms with Crippen LogP contribution >= 0.6 is 19.6 Å². The van der Waals surface area contributed by atoms with Crippen molar-refractivity contribution in [3.8, 4) is 0 Å². The van der Waals surface area contributed by atoms with Crippen LogP contribution in [-0.4, -0.2) is 231 Å². The maximum absolute atomic E-state index is 14.9. The minimum Gasteiger partial charge on any atom is -0.394 e. The number of ether oxygens (including phenoxy) is 4. The van der Waals surface area contributed by atoms with E-state index in [-0.39, 0.29) is 133 Å². The van der Waals surface area contributed by atoms with Crippen LogP contribution in [0.15, 0.2) is 67.8 Å². The molecule has 36 nitrogen and oxygen atoms in total. The summed E-state index contributed by atoms with van der Waals surface area (Å²) in [6, 6.07) is 2.82. The highest BCUT2D eigenvalue weighted by atomic mass is 32.2. The number of nitrogens with two attached hydrogens (primary N) is 5. The monoisotopic (exact) mass is 1720 g/mol. The summed E-state index contributed by atoms with van der Waals surface area (Å²) in [5.41, 5.74) is 27.1. The van der Waals surface area contributed by atoms with Gasteiger partial charge in [0.25, 0.3) is 0 Å². The van der Waals surface area contributed by atoms with Crippen LogP contribution < -0.4 is 60.6 Å². The van der Waals surface area contributed by atoms with Crippen molar-refractivity contribution >= 4 is 101 Å². The first kappa shape index (κ1) is 94.2. The van der Waals surface area contributed by atoms with Gasteiger partial charge in [0.1, 0.15) is 23.9 Å². The zero-order chi connectivity index (χ0) is 87.8. The number of carbonyl (C=O) groups excluding carboxylic acids is 9. The van der Waals surface area contributed by atoms with E-state index in [2.05, 4.69) is 36.9 Å². The van der Waals surface area contributed by atoms with E-state index in [1.165, 1.54) is 13.3 Å². The van der Waals surface area contributed by atoms with Gasteiger partial charge in [-0.2, -0.15) is 11.8 Å². The van der Waals surface area contributed by atoms with Crippen molar-refractivity contribution in [1.29, 1.82) is 0 Å². The standard InChI is InChI=1S/C82H125N16O20PS/c1-44-34-52-54(35-45(44)2)98(43-91-52)75-70(108)71(55(41-99)116-75)118-119(111,112)117-46(3)40-90-65(106)23-24-78(8)51(36-62(86)103)74-81(11)79(9,38-63(87)104)50(19-21-60(84)101)68(97-81)48(5)73-80(10,82(110,25-22-61(85)102)58(94-73)37-57-77(6,7)49(18-20-59(83)100)67(93-57)47(4)72(78)96-74)39-66(107)89-27-15-29-114-31-33-115-32-30-113-28-14-26-88-64(105)17-13-12-16-56-69-53(42-120-56)92-76(109)95-69/h34-35,37,43,46,49-51,53,55-56,69-71,74-75,94,99,108,110H,12-33,36,38-42H2,1-11H3,(H2,83,100)(H2,84,101)(H2,85,102)(H2,86,103)(H2,87,104)(H,88,105)(H,89,107)(H,90,106)(H,111,112)(H2,92,95,109)/t46-,49+,50+,51-,53?,55?,56?,69?,70?,71?,74+,75?,78+,79-,80+,81-,82-/m0/s1. The van der Waals surface area contributed by atoms with Crippen LogP contribution in [0.25, 0.3) is 11.0 Å². The Hall–Kier alpha value is -8.07. The molecule has 0 saturated carbocycles. The molecule has 0 aliphatic carbocycles. The van der Waals surface area contributed by atoms with E-state index in [0.29, 0.717) is 95.9 Å². The topological polar surface area (TPSA) is 564 Å². The number of hydrogen-bond donors (Lipinski definition) is 15. The van der Waals surface area contributed by atoms with Gasteiger partial charge in [0.05, 0.1) is 85.6 Å². The number of carbonyl (C=O) groups is 9. The maximum Gasteiger partial charge on any atom is 0.472 e. The highest BCUT2D eigenvalue weighted by molar-refractivity contribution is 8.00. The number of allylic oxidation sites excluding steroid dienone is 4. The molecule has 120 heavy (non-hydrogen) atoms. The number of aliphatic hydroxyl groups excluding tert-OH is 2. The Balaban J connectivity index is 0.868. The number of nitrogens with one attached hydrogen (secondary N) is 6. The number of aliphatic imine (C=N–C) groups is 3. The molecule has 8 aliphatic rings. The second-order valence-corrected chi connectivity index (χ2v) is 37.5. The lowest BCUT2D eigenvalue weighted by Gasteiger charge is -2.48. The number of fused-ring (bicyclic) bond motifs is 8. The molecule has 18 atom stereocenters. The van der Waals surface area contributed by atoms with Crippen LogP contribution in [0, 0.1) is 53.3 Å². The third-order valence-electron chi connectivity index (χ3n) is 26.2. The second-order valence-electron chi connectivity index (χ2n) is 34.9. The molecular weight excluding hydrogens is 1590 g/mol. The van der Waals surface area contributed by atoms with Crippen molar-refractivity contribution in [3.63, 3.8) is 0 Å². The Kier molecular flexibility index (Phi) is 30.8. The molecule has 4 saturated heterocycles. The second kappa shape index (κ2) is 39.2. The summed E-state index contributed by atoms with van der Waals surface area (Å²) in [4.78, 5) is 153. The molecular formula is C82H125N16O20PS. The predicted molar refractivity (Wildman–Crippen MR) is 448 cm³/mol. The lowest BCUT2D eigenvalue weighted by Crippen LogP contribution is -2.56. The average molecular weight is 1720 g/mol. The first-order valence-electron chi connectivity index (χ1n) is 41.7. The number of phosphoric ester groups is 1. The number of rotatable bonds is 45. The molecule has 8 unspecified atom stereocenters. The lowest BCUT2D eigenvalue weighted by molar-refractivity contribution is -0.127. The molecule has 20 N–H and O–H groups in total. The van der Waals surface area contributed by atoms with Crippen LogP contribution in [-0.2, 0) is 70.9 Å². The molecule has 9 heterocycles. The number of phosphoric acid groups is 1. The molecule has 38 heteroatoms. The van der Waals surface area contributed by atoms with Crippen molar-refractivity contribution in [3.05, 3.63) is 63.9 Å². The molecule has 10 amide bonds. The SMILES string of the molecule is CC1=C2N=C(C=C3NC(=C(C)C4=N[C@@](C)([C@@H]5N=C1[C@](C)(CCC(=O)NC[C@H](C)OP(=O)(O)OC1C(CO)OC(n6cnc7cc(C)c(C)cc76)C1O)[C@H]5CC(N)=O)[C@@](C)(CC(N)=O)[C@@H]4CCC(N)=O)[C@@](C)(CC(=O)NCCCOCCOCCOCCCNC(=O)CCCCC1SCC4NC(=O)NC41)[C@]3(O)CCC(N)=O)C(C)(C)[C@@H]2CCC(N)=O. The fourth-order valence-electron chi connectivity index (χ4n) is 19.1. The van der Waals surface area contributed by atoms with Gasteiger partial charge in [-0.3, -0.25) is 62.4 Å². The van der Waals surface area contributed by atoms with Crippen molar-refractivity contribution in [1.82, 2.24) is 41.5 Å². The fourth-order valence-corrected chi connectivity index (χ4v) is 21.8. The van der Waals surface area contributed by atoms with Crippen LogP contribution in [0.1, 0.15) is 189 Å². The van der Waals surface area contributed by atoms with E-state index in [1.54, 1.807) is 45.3 Å².